The second kappa shape index (κ2) is 10.1. The van der Waals surface area contributed by atoms with Gasteiger partial charge in [-0.3, -0.25) is 4.99 Å². The number of aromatic nitrogens is 3. The van der Waals surface area contributed by atoms with Gasteiger partial charge in [0.2, 0.25) is 0 Å². The van der Waals surface area contributed by atoms with E-state index in [-0.39, 0.29) is 11.1 Å². The third-order valence-corrected chi connectivity index (χ3v) is 7.71. The number of hydrogen-bond acceptors (Lipinski definition) is 6. The number of nitrogens with zero attached hydrogens (tertiary/aromatic N) is 6. The number of amidine groups is 1. The van der Waals surface area contributed by atoms with Gasteiger partial charge in [0.15, 0.2) is 10.8 Å². The number of aliphatic imine (C=N–C) groups is 1. The fourth-order valence-electron chi connectivity index (χ4n) is 4.82. The van der Waals surface area contributed by atoms with Crippen molar-refractivity contribution in [2.24, 2.45) is 10.4 Å². The van der Waals surface area contributed by atoms with E-state index in [1.165, 1.54) is 40.8 Å². The third kappa shape index (κ3) is 4.90. The number of urea groups is 1. The lowest BCUT2D eigenvalue weighted by Gasteiger charge is -2.33. The first-order chi connectivity index (χ1) is 18.1. The zero-order chi connectivity index (χ0) is 27.2. The Balaban J connectivity index is 1.67. The van der Waals surface area contributed by atoms with Crippen LogP contribution >= 0.6 is 22.9 Å². The van der Waals surface area contributed by atoms with Gasteiger partial charge in [-0.2, -0.15) is 13.9 Å². The molecule has 1 N–H and O–H groups in total. The van der Waals surface area contributed by atoms with Gasteiger partial charge in [0.1, 0.15) is 11.9 Å². The number of fused-ring (bicyclic) bond motifs is 1. The molecule has 2 atom stereocenters. The van der Waals surface area contributed by atoms with Crippen LogP contribution in [0.15, 0.2) is 52.9 Å². The molecule has 3 aromatic rings. The number of hydrogen-bond donors (Lipinski definition) is 1. The van der Waals surface area contributed by atoms with Gasteiger partial charge < -0.3 is 15.1 Å². The Morgan fingerprint density at radius 3 is 2.79 bits per heavy atom. The average molecular weight is 564 g/mol. The van der Waals surface area contributed by atoms with Crippen molar-refractivity contribution in [3.8, 4) is 0 Å². The van der Waals surface area contributed by atoms with Crippen molar-refractivity contribution < 1.29 is 18.0 Å². The Labute approximate surface area is 226 Å². The number of carbonyl (C=O) groups is 1. The molecule has 1 aromatic carbocycles. The number of halogens is 4. The minimum absolute atomic E-state index is 0.170. The first kappa shape index (κ1) is 26.2. The molecule has 1 saturated heterocycles. The van der Waals surface area contributed by atoms with E-state index in [4.69, 9.17) is 16.6 Å². The Hall–Kier alpha value is -3.38. The van der Waals surface area contributed by atoms with Crippen molar-refractivity contribution in [3.05, 3.63) is 74.8 Å². The number of rotatable bonds is 6. The summed E-state index contributed by atoms with van der Waals surface area (Å²) in [5.41, 5.74) is 2.06. The van der Waals surface area contributed by atoms with Gasteiger partial charge >= 0.3 is 12.6 Å². The minimum atomic E-state index is -2.81. The van der Waals surface area contributed by atoms with Crippen molar-refractivity contribution in [3.63, 3.8) is 0 Å². The van der Waals surface area contributed by atoms with E-state index in [1.54, 1.807) is 26.4 Å². The van der Waals surface area contributed by atoms with Crippen LogP contribution in [0.3, 0.4) is 0 Å². The lowest BCUT2D eigenvalue weighted by Crippen LogP contribution is -2.42. The Morgan fingerprint density at radius 2 is 2.16 bits per heavy atom. The van der Waals surface area contributed by atoms with E-state index in [1.807, 2.05) is 17.2 Å². The second-order valence-electron chi connectivity index (χ2n) is 9.83. The normalized spacial score (nSPS) is 21.1. The number of amides is 2. The Morgan fingerprint density at radius 1 is 1.37 bits per heavy atom. The molecule has 8 nitrogen and oxygen atoms in total. The summed E-state index contributed by atoms with van der Waals surface area (Å²) in [5.74, 6) is 0.109. The topological polar surface area (TPSA) is 78.6 Å². The molecular weight excluding hydrogens is 539 g/mol. The van der Waals surface area contributed by atoms with Crippen molar-refractivity contribution in [1.29, 1.82) is 0 Å². The summed E-state index contributed by atoms with van der Waals surface area (Å²) in [6, 6.07) is 3.13. The number of alkyl halides is 2. The van der Waals surface area contributed by atoms with Crippen molar-refractivity contribution in [2.75, 3.05) is 27.2 Å². The molecule has 200 valence electrons. The van der Waals surface area contributed by atoms with Gasteiger partial charge in [-0.05, 0) is 24.1 Å². The van der Waals surface area contributed by atoms with Crippen molar-refractivity contribution in [2.45, 2.75) is 25.9 Å². The summed E-state index contributed by atoms with van der Waals surface area (Å²) < 4.78 is 41.5. The lowest BCUT2D eigenvalue weighted by atomic mass is 9.85. The molecule has 38 heavy (non-hydrogen) atoms. The van der Waals surface area contributed by atoms with Crippen molar-refractivity contribution >= 4 is 40.4 Å². The molecule has 0 spiro atoms. The number of nitrogens with one attached hydrogen (secondary N) is 1. The maximum absolute atomic E-state index is 14.0. The molecule has 5 rings (SSSR count). The molecule has 2 aliphatic heterocycles. The molecule has 1 unspecified atom stereocenters. The largest absolute Gasteiger partial charge is 0.337 e. The summed E-state index contributed by atoms with van der Waals surface area (Å²) in [7, 11) is 3.34. The smallest absolute Gasteiger partial charge is 0.333 e. The Bertz CT molecular complexity index is 1420. The van der Waals surface area contributed by atoms with Crippen LogP contribution in [0.1, 0.15) is 42.1 Å². The fourth-order valence-corrected chi connectivity index (χ4v) is 5.73. The second-order valence-corrected chi connectivity index (χ2v) is 11.1. The van der Waals surface area contributed by atoms with Crippen molar-refractivity contribution in [1.82, 2.24) is 29.9 Å². The van der Waals surface area contributed by atoms with Crippen LogP contribution in [0.4, 0.5) is 18.0 Å². The molecule has 13 heteroatoms. The highest BCUT2D eigenvalue weighted by molar-refractivity contribution is 7.11. The van der Waals surface area contributed by atoms with Gasteiger partial charge in [-0.15, -0.1) is 11.3 Å². The summed E-state index contributed by atoms with van der Waals surface area (Å²) >= 11 is 7.92. The van der Waals surface area contributed by atoms with E-state index >= 15 is 0 Å². The monoisotopic (exact) mass is 563 g/mol. The highest BCUT2D eigenvalue weighted by Crippen LogP contribution is 2.50. The zero-order valence-electron chi connectivity index (χ0n) is 20.8. The van der Waals surface area contributed by atoms with Crippen LogP contribution in [0, 0.1) is 11.2 Å². The highest BCUT2D eigenvalue weighted by Gasteiger charge is 2.45. The molecule has 2 aliphatic rings. The predicted octanol–water partition coefficient (Wildman–Crippen LogP) is 5.42. The molecule has 0 aliphatic carbocycles. The molecule has 0 saturated carbocycles. The number of carbonyl (C=O) groups excluding carboxylic acids is 1. The summed E-state index contributed by atoms with van der Waals surface area (Å²) in [4.78, 5) is 25.3. The standard InChI is InChI=1S/C25H25ClF3N7OS/c1-25(12-31-24(37)34(2)3)9-18-19(14-10-32-36(11-14)23(28)29)20(16-5-4-15(27)8-17(16)26)33-21(35(18)13-25)22-30-6-7-38-22/h4-8,10-11,20,23H,9,12-13H2,1-3H3,(H,31,37)/t20-,25?/m0/s1. The fraction of sp³-hybridized carbons (Fsp3) is 0.360. The third-order valence-electron chi connectivity index (χ3n) is 6.62. The van der Waals surface area contributed by atoms with E-state index in [0.29, 0.717) is 51.7 Å². The molecule has 4 heterocycles. The summed E-state index contributed by atoms with van der Waals surface area (Å²) in [5, 5.41) is 9.50. The molecule has 0 radical (unpaired) electrons. The predicted molar refractivity (Wildman–Crippen MR) is 140 cm³/mol. The average Bonchev–Trinajstić information content (AvgIpc) is 3.61. The number of thiazole rings is 1. The SMILES string of the molecule is CN(C)C(=O)NCC1(C)CC2=C(c3cnn(C(F)F)c3)[C@H](c3ccc(F)cc3Cl)N=C(c3nccs3)N2C1. The van der Waals surface area contributed by atoms with Crippen LogP contribution in [-0.4, -0.2) is 63.6 Å². The first-order valence-electron chi connectivity index (χ1n) is 11.8. The van der Waals surface area contributed by atoms with Crippen LogP contribution in [-0.2, 0) is 0 Å². The van der Waals surface area contributed by atoms with Gasteiger partial charge in [-0.25, -0.2) is 18.9 Å². The minimum Gasteiger partial charge on any atom is -0.337 e. The Kier molecular flexibility index (Phi) is 6.95. The van der Waals surface area contributed by atoms with Gasteiger partial charge in [-0.1, -0.05) is 24.6 Å². The van der Waals surface area contributed by atoms with Crippen LogP contribution < -0.4 is 5.32 Å². The van der Waals surface area contributed by atoms with E-state index < -0.39 is 23.8 Å². The first-order valence-corrected chi connectivity index (χ1v) is 13.0. The van der Waals surface area contributed by atoms with E-state index in [9.17, 15) is 18.0 Å². The van der Waals surface area contributed by atoms with E-state index in [2.05, 4.69) is 15.4 Å². The molecular formula is C25H25ClF3N7OS. The van der Waals surface area contributed by atoms with E-state index in [0.717, 1.165) is 5.70 Å². The number of benzene rings is 1. The lowest BCUT2D eigenvalue weighted by molar-refractivity contribution is 0.0566. The van der Waals surface area contributed by atoms with Crippen LogP contribution in [0.2, 0.25) is 5.02 Å². The van der Waals surface area contributed by atoms with Crippen LogP contribution in [0.25, 0.3) is 5.57 Å². The highest BCUT2D eigenvalue weighted by atomic mass is 35.5. The quantitative estimate of drug-likeness (QED) is 0.434. The molecule has 1 fully saturated rings. The van der Waals surface area contributed by atoms with Crippen LogP contribution in [0.5, 0.6) is 0 Å². The van der Waals surface area contributed by atoms with Gasteiger partial charge in [0.25, 0.3) is 0 Å². The number of allylic oxidation sites excluding steroid dienone is 1. The molecule has 0 bridgehead atoms. The maximum atomic E-state index is 14.0. The zero-order valence-corrected chi connectivity index (χ0v) is 22.4. The summed E-state index contributed by atoms with van der Waals surface area (Å²) in [6.07, 6.45) is 4.85. The maximum Gasteiger partial charge on any atom is 0.333 e. The van der Waals surface area contributed by atoms with Gasteiger partial charge in [0.05, 0.1) is 6.20 Å². The summed E-state index contributed by atoms with van der Waals surface area (Å²) in [6.45, 7) is 0.116. The van der Waals surface area contributed by atoms with Gasteiger partial charge in [0, 0.05) is 72.2 Å². The molecule has 2 amide bonds. The molecule has 2 aromatic heterocycles.